The summed E-state index contributed by atoms with van der Waals surface area (Å²) >= 11 is 0. The summed E-state index contributed by atoms with van der Waals surface area (Å²) in [5.74, 6) is 0.754. The number of nitro groups is 1. The Labute approximate surface area is 120 Å². The highest BCUT2D eigenvalue weighted by atomic mass is 16.6. The third-order valence-electron chi connectivity index (χ3n) is 3.05. The van der Waals surface area contributed by atoms with E-state index in [1.807, 2.05) is 31.2 Å². The number of non-ortho nitro benzene ring substituents is 1. The van der Waals surface area contributed by atoms with Gasteiger partial charge in [-0.15, -0.1) is 10.2 Å². The van der Waals surface area contributed by atoms with Gasteiger partial charge in [0.15, 0.2) is 0 Å². The first kappa shape index (κ1) is 13.0. The zero-order chi connectivity index (χ0) is 14.8. The molecule has 104 valence electrons. The first-order valence-corrected chi connectivity index (χ1v) is 6.29. The molecule has 0 radical (unpaired) electrons. The second-order valence-corrected chi connectivity index (χ2v) is 4.58. The fourth-order valence-electron chi connectivity index (χ4n) is 1.88. The topological polar surface area (TPSA) is 82.1 Å². The van der Waals surface area contributed by atoms with Crippen LogP contribution in [-0.2, 0) is 0 Å². The molecule has 0 aliphatic heterocycles. The fraction of sp³-hybridized carbons (Fsp3) is 0.0667. The average molecular weight is 281 g/mol. The molecule has 3 rings (SSSR count). The normalized spacial score (nSPS) is 10.5. The van der Waals surface area contributed by atoms with Gasteiger partial charge in [0, 0.05) is 23.3 Å². The van der Waals surface area contributed by atoms with E-state index in [4.69, 9.17) is 4.42 Å². The van der Waals surface area contributed by atoms with Crippen molar-refractivity contribution in [2.75, 3.05) is 0 Å². The Morgan fingerprint density at radius 2 is 1.38 bits per heavy atom. The van der Waals surface area contributed by atoms with Crippen LogP contribution in [0.25, 0.3) is 22.9 Å². The molecule has 0 aliphatic carbocycles. The van der Waals surface area contributed by atoms with Gasteiger partial charge in [0.25, 0.3) is 5.69 Å². The molecule has 0 bridgehead atoms. The summed E-state index contributed by atoms with van der Waals surface area (Å²) in [4.78, 5) is 10.2. The fourth-order valence-corrected chi connectivity index (χ4v) is 1.88. The third kappa shape index (κ3) is 2.64. The Balaban J connectivity index is 1.90. The summed E-state index contributed by atoms with van der Waals surface area (Å²) in [6.45, 7) is 2.00. The molecule has 6 nitrogen and oxygen atoms in total. The smallest absolute Gasteiger partial charge is 0.269 e. The van der Waals surface area contributed by atoms with Crippen molar-refractivity contribution in [1.82, 2.24) is 10.2 Å². The lowest BCUT2D eigenvalue weighted by molar-refractivity contribution is -0.384. The Bertz CT molecular complexity index is 777. The van der Waals surface area contributed by atoms with Crippen molar-refractivity contribution in [1.29, 1.82) is 0 Å². The number of rotatable bonds is 3. The highest BCUT2D eigenvalue weighted by Gasteiger charge is 2.12. The molecule has 1 heterocycles. The van der Waals surface area contributed by atoms with Crippen molar-refractivity contribution < 1.29 is 9.34 Å². The van der Waals surface area contributed by atoms with Crippen LogP contribution in [0.15, 0.2) is 52.9 Å². The summed E-state index contributed by atoms with van der Waals surface area (Å²) < 4.78 is 5.60. The number of hydrogen-bond donors (Lipinski definition) is 0. The van der Waals surface area contributed by atoms with E-state index in [9.17, 15) is 10.1 Å². The van der Waals surface area contributed by atoms with E-state index in [2.05, 4.69) is 10.2 Å². The van der Waals surface area contributed by atoms with Crippen LogP contribution in [0.3, 0.4) is 0 Å². The summed E-state index contributed by atoms with van der Waals surface area (Å²) in [7, 11) is 0. The van der Waals surface area contributed by atoms with Gasteiger partial charge in [-0.2, -0.15) is 0 Å². The predicted octanol–water partition coefficient (Wildman–Crippen LogP) is 3.62. The maximum Gasteiger partial charge on any atom is 0.269 e. The lowest BCUT2D eigenvalue weighted by atomic mass is 10.1. The number of hydrogen-bond acceptors (Lipinski definition) is 5. The zero-order valence-corrected chi connectivity index (χ0v) is 11.2. The summed E-state index contributed by atoms with van der Waals surface area (Å²) in [6.07, 6.45) is 0. The number of aromatic nitrogens is 2. The van der Waals surface area contributed by atoms with Crippen LogP contribution in [0.4, 0.5) is 5.69 Å². The number of nitro benzene ring substituents is 1. The highest BCUT2D eigenvalue weighted by molar-refractivity contribution is 5.59. The van der Waals surface area contributed by atoms with E-state index in [0.29, 0.717) is 17.3 Å². The van der Waals surface area contributed by atoms with Gasteiger partial charge in [0.1, 0.15) is 0 Å². The molecule has 0 atom stereocenters. The average Bonchev–Trinajstić information content (AvgIpc) is 2.98. The second kappa shape index (κ2) is 5.16. The van der Waals surface area contributed by atoms with Gasteiger partial charge >= 0.3 is 0 Å². The molecule has 21 heavy (non-hydrogen) atoms. The summed E-state index contributed by atoms with van der Waals surface area (Å²) in [5.41, 5.74) is 2.65. The van der Waals surface area contributed by atoms with Crippen LogP contribution in [0.2, 0.25) is 0 Å². The van der Waals surface area contributed by atoms with E-state index >= 15 is 0 Å². The second-order valence-electron chi connectivity index (χ2n) is 4.58. The summed E-state index contributed by atoms with van der Waals surface area (Å²) in [5, 5.41) is 18.6. The summed E-state index contributed by atoms with van der Waals surface area (Å²) in [6, 6.07) is 13.7. The lowest BCUT2D eigenvalue weighted by Crippen LogP contribution is -1.87. The van der Waals surface area contributed by atoms with Crippen LogP contribution in [0.1, 0.15) is 5.56 Å². The zero-order valence-electron chi connectivity index (χ0n) is 11.2. The van der Waals surface area contributed by atoms with Crippen LogP contribution >= 0.6 is 0 Å². The highest BCUT2D eigenvalue weighted by Crippen LogP contribution is 2.25. The maximum atomic E-state index is 10.6. The van der Waals surface area contributed by atoms with Gasteiger partial charge in [-0.1, -0.05) is 17.7 Å². The molecular weight excluding hydrogens is 270 g/mol. The molecule has 0 saturated heterocycles. The Morgan fingerprint density at radius 3 is 1.86 bits per heavy atom. The van der Waals surface area contributed by atoms with Crippen LogP contribution in [0, 0.1) is 17.0 Å². The third-order valence-corrected chi connectivity index (χ3v) is 3.05. The van der Waals surface area contributed by atoms with E-state index in [1.54, 1.807) is 12.1 Å². The molecule has 3 aromatic rings. The Hall–Kier alpha value is -3.02. The minimum atomic E-state index is -0.449. The molecule has 1 aromatic heterocycles. The van der Waals surface area contributed by atoms with Crippen molar-refractivity contribution in [3.63, 3.8) is 0 Å². The quantitative estimate of drug-likeness (QED) is 0.541. The molecule has 6 heteroatoms. The largest absolute Gasteiger partial charge is 0.416 e. The van der Waals surface area contributed by atoms with Crippen molar-refractivity contribution in [3.05, 3.63) is 64.2 Å². The van der Waals surface area contributed by atoms with Crippen LogP contribution in [0.5, 0.6) is 0 Å². The maximum absolute atomic E-state index is 10.6. The first-order valence-electron chi connectivity index (χ1n) is 6.29. The lowest BCUT2D eigenvalue weighted by Gasteiger charge is -1.96. The van der Waals surface area contributed by atoms with Gasteiger partial charge in [-0.3, -0.25) is 10.1 Å². The van der Waals surface area contributed by atoms with E-state index in [-0.39, 0.29) is 5.69 Å². The molecule has 2 aromatic carbocycles. The number of nitrogens with zero attached hydrogens (tertiary/aromatic N) is 3. The van der Waals surface area contributed by atoms with Gasteiger partial charge in [0.2, 0.25) is 11.8 Å². The number of aryl methyl sites for hydroxylation is 1. The minimum absolute atomic E-state index is 0.0250. The van der Waals surface area contributed by atoms with E-state index in [0.717, 1.165) is 11.1 Å². The van der Waals surface area contributed by atoms with Gasteiger partial charge in [-0.25, -0.2) is 0 Å². The van der Waals surface area contributed by atoms with Crippen molar-refractivity contribution in [3.8, 4) is 22.9 Å². The van der Waals surface area contributed by atoms with Gasteiger partial charge in [-0.05, 0) is 31.2 Å². The Morgan fingerprint density at radius 1 is 0.905 bits per heavy atom. The molecule has 0 N–H and O–H groups in total. The van der Waals surface area contributed by atoms with Gasteiger partial charge in [0.05, 0.1) is 4.92 Å². The molecule has 0 fully saturated rings. The molecular formula is C15H11N3O3. The van der Waals surface area contributed by atoms with E-state index in [1.165, 1.54) is 12.1 Å². The van der Waals surface area contributed by atoms with Gasteiger partial charge < -0.3 is 4.42 Å². The molecule has 0 aliphatic rings. The first-order chi connectivity index (χ1) is 10.1. The predicted molar refractivity (Wildman–Crippen MR) is 76.6 cm³/mol. The molecule has 0 spiro atoms. The van der Waals surface area contributed by atoms with Crippen molar-refractivity contribution in [2.45, 2.75) is 6.92 Å². The SMILES string of the molecule is Cc1ccc(-c2nnc(-c3ccc([N+](=O)[O-])cc3)o2)cc1. The number of benzene rings is 2. The standard InChI is InChI=1S/C15H11N3O3/c1-10-2-4-11(5-3-10)14-16-17-15(21-14)12-6-8-13(9-7-12)18(19)20/h2-9H,1H3. The monoisotopic (exact) mass is 281 g/mol. The van der Waals surface area contributed by atoms with Crippen LogP contribution in [-0.4, -0.2) is 15.1 Å². The molecule has 0 amide bonds. The van der Waals surface area contributed by atoms with Crippen LogP contribution < -0.4 is 0 Å². The molecule has 0 unspecified atom stereocenters. The van der Waals surface area contributed by atoms with Crippen molar-refractivity contribution in [2.24, 2.45) is 0 Å². The van der Waals surface area contributed by atoms with E-state index < -0.39 is 4.92 Å². The Kier molecular flexibility index (Phi) is 3.19. The molecule has 0 saturated carbocycles. The minimum Gasteiger partial charge on any atom is -0.416 e. The van der Waals surface area contributed by atoms with Crippen molar-refractivity contribution >= 4 is 5.69 Å².